The molecule has 2 bridgehead atoms. The molecule has 3 heterocycles. The monoisotopic (exact) mass is 399 g/mol. The van der Waals surface area contributed by atoms with Gasteiger partial charge in [0.05, 0.1) is 5.92 Å². The van der Waals surface area contributed by atoms with Crippen LogP contribution < -0.4 is 10.6 Å². The smallest absolute Gasteiger partial charge is 0.224 e. The van der Waals surface area contributed by atoms with Crippen LogP contribution in [0, 0.1) is 5.92 Å². The Kier molecular flexibility index (Phi) is 8.21. The van der Waals surface area contributed by atoms with Crippen LogP contribution in [0.5, 0.6) is 0 Å². The minimum absolute atomic E-state index is 0. The summed E-state index contributed by atoms with van der Waals surface area (Å²) in [6, 6.07) is 12.3. The van der Waals surface area contributed by atoms with Gasteiger partial charge in [0.15, 0.2) is 0 Å². The maximum atomic E-state index is 12.7. The fourth-order valence-electron chi connectivity index (χ4n) is 4.75. The molecule has 1 aromatic rings. The molecule has 0 spiro atoms. The summed E-state index contributed by atoms with van der Waals surface area (Å²) < 4.78 is 0. The van der Waals surface area contributed by atoms with Gasteiger partial charge in [-0.15, -0.1) is 24.8 Å². The fraction of sp³-hybridized carbons (Fsp3) is 0.650. The summed E-state index contributed by atoms with van der Waals surface area (Å²) in [5.74, 6) is 0.453. The molecule has 0 aliphatic carbocycles. The van der Waals surface area contributed by atoms with E-state index < -0.39 is 0 Å². The van der Waals surface area contributed by atoms with Crippen LogP contribution in [0.25, 0.3) is 0 Å². The van der Waals surface area contributed by atoms with Crippen LogP contribution in [-0.2, 0) is 11.3 Å². The van der Waals surface area contributed by atoms with Crippen LogP contribution in [0.1, 0.15) is 44.1 Å². The lowest BCUT2D eigenvalue weighted by molar-refractivity contribution is -0.127. The second kappa shape index (κ2) is 9.93. The van der Waals surface area contributed by atoms with E-state index in [1.807, 2.05) is 0 Å². The highest BCUT2D eigenvalue weighted by atomic mass is 35.5. The van der Waals surface area contributed by atoms with E-state index in [9.17, 15) is 4.79 Å². The van der Waals surface area contributed by atoms with Gasteiger partial charge in [0.2, 0.25) is 5.91 Å². The van der Waals surface area contributed by atoms with E-state index in [0.717, 1.165) is 45.3 Å². The Balaban J connectivity index is 0.00000121. The van der Waals surface area contributed by atoms with E-state index in [2.05, 4.69) is 45.9 Å². The van der Waals surface area contributed by atoms with Gasteiger partial charge in [-0.3, -0.25) is 9.69 Å². The summed E-state index contributed by atoms with van der Waals surface area (Å²) in [5, 5.41) is 7.02. The van der Waals surface area contributed by atoms with Gasteiger partial charge < -0.3 is 10.6 Å². The molecule has 3 unspecified atom stereocenters. The first-order chi connectivity index (χ1) is 11.8. The average Bonchev–Trinajstić information content (AvgIpc) is 2.94. The lowest BCUT2D eigenvalue weighted by Crippen LogP contribution is -2.51. The lowest BCUT2D eigenvalue weighted by Gasteiger charge is -2.34. The zero-order chi connectivity index (χ0) is 16.4. The first-order valence-electron chi connectivity index (χ1n) is 9.59. The van der Waals surface area contributed by atoms with E-state index in [0.29, 0.717) is 24.0 Å². The SMILES string of the molecule is Cl.Cl.O=C(NC1CC2CCC(C1)N2)C1CCCN(Cc2ccccc2)C1. The number of hydrogen-bond acceptors (Lipinski definition) is 3. The Morgan fingerprint density at radius 1 is 1.08 bits per heavy atom. The van der Waals surface area contributed by atoms with Crippen molar-refractivity contribution < 1.29 is 4.79 Å². The maximum Gasteiger partial charge on any atom is 0.224 e. The van der Waals surface area contributed by atoms with Crippen molar-refractivity contribution in [2.45, 2.75) is 63.2 Å². The molecule has 3 atom stereocenters. The van der Waals surface area contributed by atoms with Crippen LogP contribution in [0.2, 0.25) is 0 Å². The second-order valence-electron chi connectivity index (χ2n) is 7.87. The Morgan fingerprint density at radius 2 is 1.77 bits per heavy atom. The van der Waals surface area contributed by atoms with Gasteiger partial charge in [0.25, 0.3) is 0 Å². The van der Waals surface area contributed by atoms with Gasteiger partial charge in [0.1, 0.15) is 0 Å². The van der Waals surface area contributed by atoms with Crippen molar-refractivity contribution in [2.24, 2.45) is 5.92 Å². The number of nitrogens with one attached hydrogen (secondary N) is 2. The first kappa shape index (κ1) is 21.5. The van der Waals surface area contributed by atoms with E-state index in [4.69, 9.17) is 0 Å². The van der Waals surface area contributed by atoms with Crippen molar-refractivity contribution in [2.75, 3.05) is 13.1 Å². The van der Waals surface area contributed by atoms with Crippen molar-refractivity contribution in [1.29, 1.82) is 0 Å². The predicted molar refractivity (Wildman–Crippen MR) is 110 cm³/mol. The van der Waals surface area contributed by atoms with Gasteiger partial charge in [-0.2, -0.15) is 0 Å². The topological polar surface area (TPSA) is 44.4 Å². The molecule has 3 saturated heterocycles. The molecule has 1 aromatic carbocycles. The van der Waals surface area contributed by atoms with E-state index in [1.54, 1.807) is 0 Å². The number of benzene rings is 1. The third kappa shape index (κ3) is 5.35. The van der Waals surface area contributed by atoms with Crippen LogP contribution in [0.3, 0.4) is 0 Å². The molecule has 1 amide bonds. The minimum atomic E-state index is 0. The zero-order valence-corrected chi connectivity index (χ0v) is 16.9. The molecule has 146 valence electrons. The summed E-state index contributed by atoms with van der Waals surface area (Å²) in [5.41, 5.74) is 1.34. The van der Waals surface area contributed by atoms with Crippen molar-refractivity contribution in [3.8, 4) is 0 Å². The van der Waals surface area contributed by atoms with Gasteiger partial charge in [0, 0.05) is 31.2 Å². The Labute approximate surface area is 169 Å². The molecular weight excluding hydrogens is 369 g/mol. The summed E-state index contributed by atoms with van der Waals surface area (Å²) in [6.07, 6.45) is 6.96. The normalized spacial score (nSPS) is 30.8. The highest BCUT2D eigenvalue weighted by molar-refractivity contribution is 5.85. The molecular formula is C20H31Cl2N3O. The van der Waals surface area contributed by atoms with Crippen LogP contribution >= 0.6 is 24.8 Å². The van der Waals surface area contributed by atoms with Gasteiger partial charge in [-0.25, -0.2) is 0 Å². The molecule has 4 rings (SSSR count). The molecule has 3 aliphatic rings. The highest BCUT2D eigenvalue weighted by Crippen LogP contribution is 2.27. The number of halogens is 2. The summed E-state index contributed by atoms with van der Waals surface area (Å²) in [4.78, 5) is 15.2. The quantitative estimate of drug-likeness (QED) is 0.816. The number of fused-ring (bicyclic) bond motifs is 2. The van der Waals surface area contributed by atoms with Crippen LogP contribution in [0.4, 0.5) is 0 Å². The molecule has 0 radical (unpaired) electrons. The number of likely N-dealkylation sites (tertiary alicyclic amines) is 1. The average molecular weight is 400 g/mol. The number of piperidine rings is 2. The van der Waals surface area contributed by atoms with E-state index in [1.165, 1.54) is 18.4 Å². The van der Waals surface area contributed by atoms with E-state index in [-0.39, 0.29) is 30.7 Å². The first-order valence-corrected chi connectivity index (χ1v) is 9.59. The largest absolute Gasteiger partial charge is 0.353 e. The minimum Gasteiger partial charge on any atom is -0.353 e. The predicted octanol–water partition coefficient (Wildman–Crippen LogP) is 3.14. The van der Waals surface area contributed by atoms with Crippen molar-refractivity contribution in [1.82, 2.24) is 15.5 Å². The molecule has 3 fully saturated rings. The molecule has 4 nitrogen and oxygen atoms in total. The summed E-state index contributed by atoms with van der Waals surface area (Å²) >= 11 is 0. The van der Waals surface area contributed by atoms with Crippen molar-refractivity contribution in [3.05, 3.63) is 35.9 Å². The molecule has 0 aromatic heterocycles. The maximum absolute atomic E-state index is 12.7. The summed E-state index contributed by atoms with van der Waals surface area (Å²) in [7, 11) is 0. The Morgan fingerprint density at radius 3 is 2.46 bits per heavy atom. The van der Waals surface area contributed by atoms with Crippen LogP contribution in [0.15, 0.2) is 30.3 Å². The summed E-state index contributed by atoms with van der Waals surface area (Å²) in [6.45, 7) is 2.97. The molecule has 26 heavy (non-hydrogen) atoms. The lowest BCUT2D eigenvalue weighted by atomic mass is 9.94. The number of amides is 1. The van der Waals surface area contributed by atoms with Gasteiger partial charge >= 0.3 is 0 Å². The second-order valence-corrected chi connectivity index (χ2v) is 7.87. The third-order valence-corrected chi connectivity index (χ3v) is 5.94. The molecule has 3 aliphatic heterocycles. The zero-order valence-electron chi connectivity index (χ0n) is 15.2. The molecule has 0 saturated carbocycles. The standard InChI is InChI=1S/C20H29N3O.2ClH/c24-20(22-19-11-17-8-9-18(12-19)21-17)16-7-4-10-23(14-16)13-15-5-2-1-3-6-15;;/h1-3,5-6,16-19,21H,4,7-14H2,(H,22,24);2*1H. The van der Waals surface area contributed by atoms with Gasteiger partial charge in [-0.05, 0) is 50.6 Å². The number of rotatable bonds is 4. The Hall–Kier alpha value is -0.810. The van der Waals surface area contributed by atoms with E-state index >= 15 is 0 Å². The third-order valence-electron chi connectivity index (χ3n) is 5.94. The van der Waals surface area contributed by atoms with Crippen molar-refractivity contribution >= 4 is 30.7 Å². The molecule has 6 heteroatoms. The number of nitrogens with zero attached hydrogens (tertiary/aromatic N) is 1. The molecule has 2 N–H and O–H groups in total. The number of carbonyl (C=O) groups is 1. The Bertz CT molecular complexity index is 559. The number of hydrogen-bond donors (Lipinski definition) is 2. The van der Waals surface area contributed by atoms with Gasteiger partial charge in [-0.1, -0.05) is 30.3 Å². The number of carbonyl (C=O) groups excluding carboxylic acids is 1. The highest BCUT2D eigenvalue weighted by Gasteiger charge is 2.35. The fourth-order valence-corrected chi connectivity index (χ4v) is 4.75. The van der Waals surface area contributed by atoms with Crippen LogP contribution in [-0.4, -0.2) is 42.0 Å². The van der Waals surface area contributed by atoms with Crippen molar-refractivity contribution in [3.63, 3.8) is 0 Å².